The number of nitrogens with zero attached hydrogens (tertiary/aromatic N) is 4. The van der Waals surface area contributed by atoms with Gasteiger partial charge in [-0.05, 0) is 42.8 Å². The van der Waals surface area contributed by atoms with Crippen LogP contribution in [-0.4, -0.2) is 25.5 Å². The zero-order chi connectivity index (χ0) is 14.8. The van der Waals surface area contributed by atoms with Crippen LogP contribution in [0.1, 0.15) is 26.5 Å². The van der Waals surface area contributed by atoms with Gasteiger partial charge in [-0.2, -0.15) is 10.2 Å². The highest BCUT2D eigenvalue weighted by molar-refractivity contribution is 9.10. The quantitative estimate of drug-likeness (QED) is 0.904. The minimum atomic E-state index is -0.751. The van der Waals surface area contributed by atoms with Crippen LogP contribution in [0.2, 0.25) is 0 Å². The number of amides is 1. The Morgan fingerprint density at radius 1 is 1.50 bits per heavy atom. The van der Waals surface area contributed by atoms with Crippen LogP contribution in [0.3, 0.4) is 0 Å². The molecule has 1 N–H and O–H groups in total. The number of carbonyl (C=O) groups excluding carboxylic acids is 1. The summed E-state index contributed by atoms with van der Waals surface area (Å²) in [4.78, 5) is 12.3. The molecule has 2 rings (SSSR count). The van der Waals surface area contributed by atoms with Gasteiger partial charge < -0.3 is 5.32 Å². The van der Waals surface area contributed by atoms with Crippen molar-refractivity contribution in [2.45, 2.75) is 39.4 Å². The van der Waals surface area contributed by atoms with Crippen LogP contribution in [0.4, 0.5) is 0 Å². The summed E-state index contributed by atoms with van der Waals surface area (Å²) in [5.41, 5.74) is 0.0944. The number of halogens is 1. The highest BCUT2D eigenvalue weighted by Crippen LogP contribution is 2.17. The average Bonchev–Trinajstić information content (AvgIpc) is 3.04. The number of carbonyl (C=O) groups is 1. The molecule has 0 aromatic carbocycles. The second kappa shape index (κ2) is 5.78. The molecule has 1 amide bonds. The highest BCUT2D eigenvalue weighted by atomic mass is 79.9. The molecule has 6 nitrogen and oxygen atoms in total. The summed E-state index contributed by atoms with van der Waals surface area (Å²) in [6.45, 7) is 6.91. The normalized spacial score (nSPS) is 11.6. The van der Waals surface area contributed by atoms with Crippen molar-refractivity contribution in [2.75, 3.05) is 0 Å². The van der Waals surface area contributed by atoms with Crippen molar-refractivity contribution in [1.29, 1.82) is 0 Å². The van der Waals surface area contributed by atoms with Crippen molar-refractivity contribution in [3.63, 3.8) is 0 Å². The monoisotopic (exact) mass is 339 g/mol. The van der Waals surface area contributed by atoms with Crippen LogP contribution in [0.5, 0.6) is 0 Å². The third-order valence-corrected chi connectivity index (χ3v) is 3.54. The maximum Gasteiger partial charge on any atom is 0.247 e. The summed E-state index contributed by atoms with van der Waals surface area (Å²) >= 11 is 3.33. The maximum atomic E-state index is 12.3. The Morgan fingerprint density at radius 3 is 2.80 bits per heavy atom. The molecule has 108 valence electrons. The van der Waals surface area contributed by atoms with E-state index in [-0.39, 0.29) is 5.91 Å². The molecule has 0 fully saturated rings. The van der Waals surface area contributed by atoms with E-state index in [2.05, 4.69) is 31.4 Å². The Labute approximate surface area is 126 Å². The van der Waals surface area contributed by atoms with Crippen molar-refractivity contribution in [1.82, 2.24) is 24.9 Å². The predicted octanol–water partition coefficient (Wildman–Crippen LogP) is 1.91. The summed E-state index contributed by atoms with van der Waals surface area (Å²) in [6.07, 6.45) is 5.35. The molecule has 0 spiro atoms. The minimum absolute atomic E-state index is 0.0980. The van der Waals surface area contributed by atoms with Gasteiger partial charge in [0.1, 0.15) is 5.54 Å². The Hall–Kier alpha value is -1.63. The van der Waals surface area contributed by atoms with Crippen LogP contribution >= 0.6 is 15.9 Å². The van der Waals surface area contributed by atoms with E-state index in [4.69, 9.17) is 0 Å². The van der Waals surface area contributed by atoms with Gasteiger partial charge in [-0.3, -0.25) is 14.2 Å². The van der Waals surface area contributed by atoms with Gasteiger partial charge in [0.15, 0.2) is 0 Å². The predicted molar refractivity (Wildman–Crippen MR) is 79.0 cm³/mol. The lowest BCUT2D eigenvalue weighted by Crippen LogP contribution is -2.44. The first-order valence-electron chi connectivity index (χ1n) is 6.44. The van der Waals surface area contributed by atoms with Crippen molar-refractivity contribution in [2.24, 2.45) is 0 Å². The molecule has 0 saturated carbocycles. The Bertz CT molecular complexity index is 601. The first-order chi connectivity index (χ1) is 9.43. The fourth-order valence-electron chi connectivity index (χ4n) is 1.77. The van der Waals surface area contributed by atoms with Crippen molar-refractivity contribution >= 4 is 21.8 Å². The number of aryl methyl sites for hydroxylation is 1. The fraction of sp³-hybridized carbons (Fsp3) is 0.462. The van der Waals surface area contributed by atoms with Gasteiger partial charge in [-0.25, -0.2) is 0 Å². The molecule has 2 aromatic heterocycles. The van der Waals surface area contributed by atoms with Gasteiger partial charge in [-0.1, -0.05) is 0 Å². The third-order valence-electron chi connectivity index (χ3n) is 3.13. The van der Waals surface area contributed by atoms with E-state index < -0.39 is 5.54 Å². The molecule has 2 heterocycles. The number of aromatic nitrogens is 4. The van der Waals surface area contributed by atoms with E-state index >= 15 is 0 Å². The zero-order valence-corrected chi connectivity index (χ0v) is 13.4. The second-order valence-electron chi connectivity index (χ2n) is 5.01. The van der Waals surface area contributed by atoms with Gasteiger partial charge in [0.25, 0.3) is 0 Å². The first-order valence-corrected chi connectivity index (χ1v) is 7.24. The van der Waals surface area contributed by atoms with Crippen molar-refractivity contribution in [3.05, 3.63) is 34.8 Å². The van der Waals surface area contributed by atoms with Gasteiger partial charge in [0.2, 0.25) is 5.91 Å². The molecule has 0 unspecified atom stereocenters. The highest BCUT2D eigenvalue weighted by Gasteiger charge is 2.30. The minimum Gasteiger partial charge on any atom is -0.348 e. The zero-order valence-electron chi connectivity index (χ0n) is 11.8. The molecule has 20 heavy (non-hydrogen) atoms. The van der Waals surface area contributed by atoms with Crippen molar-refractivity contribution < 1.29 is 4.79 Å². The lowest BCUT2D eigenvalue weighted by atomic mass is 10.1. The molecule has 0 bridgehead atoms. The van der Waals surface area contributed by atoms with Gasteiger partial charge in [0.05, 0.1) is 22.9 Å². The fourth-order valence-corrected chi connectivity index (χ4v) is 2.06. The molecular formula is C13H18BrN5O. The van der Waals surface area contributed by atoms with E-state index in [1.165, 1.54) is 0 Å². The maximum absolute atomic E-state index is 12.3. The van der Waals surface area contributed by atoms with Crippen LogP contribution in [0.15, 0.2) is 29.1 Å². The number of rotatable bonds is 5. The van der Waals surface area contributed by atoms with Gasteiger partial charge in [0, 0.05) is 18.9 Å². The van der Waals surface area contributed by atoms with Crippen LogP contribution in [0, 0.1) is 0 Å². The average molecular weight is 340 g/mol. The van der Waals surface area contributed by atoms with E-state index in [9.17, 15) is 4.79 Å². The van der Waals surface area contributed by atoms with Crippen LogP contribution in [-0.2, 0) is 23.4 Å². The number of nitrogens with one attached hydrogen (secondary N) is 1. The first kappa shape index (κ1) is 14.8. The van der Waals surface area contributed by atoms with Crippen molar-refractivity contribution in [3.8, 4) is 0 Å². The lowest BCUT2D eigenvalue weighted by molar-refractivity contribution is -0.129. The lowest BCUT2D eigenvalue weighted by Gasteiger charge is -2.23. The smallest absolute Gasteiger partial charge is 0.247 e. The molecule has 2 aromatic rings. The summed E-state index contributed by atoms with van der Waals surface area (Å²) in [7, 11) is 0. The van der Waals surface area contributed by atoms with E-state index in [1.807, 2.05) is 37.7 Å². The SMILES string of the molecule is CCn1ccc(CNC(=O)C(C)(C)n2cc(Br)cn2)n1. The van der Waals surface area contributed by atoms with E-state index in [0.717, 1.165) is 16.7 Å². The Morgan fingerprint density at radius 2 is 2.25 bits per heavy atom. The number of hydrogen-bond donors (Lipinski definition) is 1. The van der Waals surface area contributed by atoms with Crippen LogP contribution in [0.25, 0.3) is 0 Å². The summed E-state index contributed by atoms with van der Waals surface area (Å²) in [5, 5.41) is 11.4. The Kier molecular flexibility index (Phi) is 4.27. The Balaban J connectivity index is 2.00. The molecule has 7 heteroatoms. The summed E-state index contributed by atoms with van der Waals surface area (Å²) < 4.78 is 4.31. The van der Waals surface area contributed by atoms with Gasteiger partial charge in [-0.15, -0.1) is 0 Å². The molecule has 0 saturated heterocycles. The van der Waals surface area contributed by atoms with Gasteiger partial charge >= 0.3 is 0 Å². The molecule has 0 radical (unpaired) electrons. The third kappa shape index (κ3) is 3.09. The molecule has 0 aliphatic rings. The van der Waals surface area contributed by atoms with E-state index in [0.29, 0.717) is 6.54 Å². The molecule has 0 atom stereocenters. The summed E-state index contributed by atoms with van der Waals surface area (Å²) in [5.74, 6) is -0.0980. The summed E-state index contributed by atoms with van der Waals surface area (Å²) in [6, 6.07) is 1.90. The topological polar surface area (TPSA) is 64.7 Å². The number of hydrogen-bond acceptors (Lipinski definition) is 3. The molecular weight excluding hydrogens is 322 g/mol. The molecule has 0 aliphatic heterocycles. The van der Waals surface area contributed by atoms with E-state index in [1.54, 1.807) is 17.1 Å². The largest absolute Gasteiger partial charge is 0.348 e. The standard InChI is InChI=1S/C13H18BrN5O/c1-4-18-6-5-11(17-18)8-15-12(20)13(2,3)19-9-10(14)7-16-19/h5-7,9H,4,8H2,1-3H3,(H,15,20). The molecule has 0 aliphatic carbocycles. The van der Waals surface area contributed by atoms with Crippen LogP contribution < -0.4 is 5.32 Å². The second-order valence-corrected chi connectivity index (χ2v) is 5.92.